The third kappa shape index (κ3) is 3.69. The summed E-state index contributed by atoms with van der Waals surface area (Å²) in [4.78, 5) is 25.9. The minimum absolute atomic E-state index is 0.173. The van der Waals surface area contributed by atoms with Crippen molar-refractivity contribution in [3.8, 4) is 5.75 Å². The van der Waals surface area contributed by atoms with Crippen LogP contribution in [0.2, 0.25) is 0 Å². The first-order valence-corrected chi connectivity index (χ1v) is 9.10. The maximum Gasteiger partial charge on any atom is 0.341 e. The second-order valence-corrected chi connectivity index (χ2v) is 7.05. The molecule has 1 amide bonds. The van der Waals surface area contributed by atoms with Crippen LogP contribution in [0.3, 0.4) is 0 Å². The number of thiophene rings is 1. The molecule has 0 radical (unpaired) electrons. The summed E-state index contributed by atoms with van der Waals surface area (Å²) in [6.45, 7) is 0. The number of carbonyl (C=O) groups excluding carboxylic acids is 2. The first-order valence-electron chi connectivity index (χ1n) is 8.28. The molecule has 3 rings (SSSR count). The van der Waals surface area contributed by atoms with Gasteiger partial charge in [-0.2, -0.15) is 0 Å². The van der Waals surface area contributed by atoms with Crippen LogP contribution in [-0.4, -0.2) is 26.1 Å². The SMILES string of the molecule is COC(=O)c1c(NC(=O)Cc2ccccc2OC)sc2c1CCCC2. The number of benzene rings is 1. The molecule has 2 aromatic rings. The lowest BCUT2D eigenvalue weighted by Crippen LogP contribution is -2.17. The van der Waals surface area contributed by atoms with E-state index in [2.05, 4.69) is 5.32 Å². The van der Waals surface area contributed by atoms with Crippen LogP contribution in [-0.2, 0) is 28.8 Å². The summed E-state index contributed by atoms with van der Waals surface area (Å²) >= 11 is 1.49. The molecule has 1 aliphatic carbocycles. The monoisotopic (exact) mass is 359 g/mol. The number of amides is 1. The van der Waals surface area contributed by atoms with E-state index in [0.717, 1.165) is 36.8 Å². The molecule has 0 fully saturated rings. The lowest BCUT2D eigenvalue weighted by molar-refractivity contribution is -0.115. The van der Waals surface area contributed by atoms with Crippen molar-refractivity contribution < 1.29 is 19.1 Å². The van der Waals surface area contributed by atoms with Crippen LogP contribution in [0.4, 0.5) is 5.00 Å². The van der Waals surface area contributed by atoms with Gasteiger partial charge in [-0.3, -0.25) is 4.79 Å². The smallest absolute Gasteiger partial charge is 0.341 e. The number of fused-ring (bicyclic) bond motifs is 1. The number of methoxy groups -OCH3 is 2. The molecule has 1 aromatic carbocycles. The van der Waals surface area contributed by atoms with Gasteiger partial charge in [-0.1, -0.05) is 18.2 Å². The fourth-order valence-electron chi connectivity index (χ4n) is 3.16. The highest BCUT2D eigenvalue weighted by Crippen LogP contribution is 2.38. The van der Waals surface area contributed by atoms with Gasteiger partial charge in [-0.05, 0) is 37.3 Å². The molecule has 1 aromatic heterocycles. The Morgan fingerprint density at radius 3 is 2.68 bits per heavy atom. The predicted octanol–water partition coefficient (Wildman–Crippen LogP) is 3.60. The summed E-state index contributed by atoms with van der Waals surface area (Å²) < 4.78 is 10.2. The molecule has 0 saturated heterocycles. The van der Waals surface area contributed by atoms with E-state index in [9.17, 15) is 9.59 Å². The number of anilines is 1. The van der Waals surface area contributed by atoms with Crippen molar-refractivity contribution in [1.29, 1.82) is 0 Å². The Balaban J connectivity index is 1.83. The average Bonchev–Trinajstić information content (AvgIpc) is 2.99. The third-order valence-electron chi connectivity index (χ3n) is 4.36. The van der Waals surface area contributed by atoms with Crippen LogP contribution < -0.4 is 10.1 Å². The normalized spacial score (nSPS) is 13.0. The second kappa shape index (κ2) is 7.70. The molecule has 132 valence electrons. The summed E-state index contributed by atoms with van der Waals surface area (Å²) in [7, 11) is 2.95. The highest BCUT2D eigenvalue weighted by atomic mass is 32.1. The second-order valence-electron chi connectivity index (χ2n) is 5.94. The Hall–Kier alpha value is -2.34. The van der Waals surface area contributed by atoms with Crippen LogP contribution in [0.5, 0.6) is 5.75 Å². The maximum atomic E-state index is 12.5. The number of aryl methyl sites for hydroxylation is 1. The number of hydrogen-bond donors (Lipinski definition) is 1. The molecule has 0 saturated carbocycles. The van der Waals surface area contributed by atoms with E-state index < -0.39 is 0 Å². The summed E-state index contributed by atoms with van der Waals surface area (Å²) in [6, 6.07) is 7.42. The first-order chi connectivity index (χ1) is 12.1. The zero-order valence-corrected chi connectivity index (χ0v) is 15.2. The Bertz CT molecular complexity index is 797. The molecule has 1 aliphatic rings. The van der Waals surface area contributed by atoms with Gasteiger partial charge in [0.15, 0.2) is 0 Å². The predicted molar refractivity (Wildman–Crippen MR) is 97.6 cm³/mol. The van der Waals surface area contributed by atoms with E-state index in [0.29, 0.717) is 16.3 Å². The van der Waals surface area contributed by atoms with Crippen molar-refractivity contribution in [1.82, 2.24) is 0 Å². The van der Waals surface area contributed by atoms with Gasteiger partial charge in [0.25, 0.3) is 0 Å². The molecular weight excluding hydrogens is 338 g/mol. The van der Waals surface area contributed by atoms with Crippen LogP contribution in [0, 0.1) is 0 Å². The van der Waals surface area contributed by atoms with Crippen molar-refractivity contribution in [3.05, 3.63) is 45.8 Å². The molecule has 0 aliphatic heterocycles. The van der Waals surface area contributed by atoms with Crippen molar-refractivity contribution in [2.24, 2.45) is 0 Å². The largest absolute Gasteiger partial charge is 0.496 e. The fourth-order valence-corrected chi connectivity index (χ4v) is 4.46. The minimum Gasteiger partial charge on any atom is -0.496 e. The van der Waals surface area contributed by atoms with Crippen LogP contribution in [0.1, 0.15) is 39.2 Å². The highest BCUT2D eigenvalue weighted by Gasteiger charge is 2.27. The van der Waals surface area contributed by atoms with Crippen molar-refractivity contribution in [2.45, 2.75) is 32.1 Å². The number of ether oxygens (including phenoxy) is 2. The zero-order chi connectivity index (χ0) is 17.8. The topological polar surface area (TPSA) is 64.6 Å². The Labute approximate surface area is 151 Å². The van der Waals surface area contributed by atoms with Gasteiger partial charge in [-0.25, -0.2) is 4.79 Å². The molecule has 5 nitrogen and oxygen atoms in total. The molecule has 0 bridgehead atoms. The van der Waals surface area contributed by atoms with Crippen LogP contribution >= 0.6 is 11.3 Å². The quantitative estimate of drug-likeness (QED) is 0.829. The summed E-state index contributed by atoms with van der Waals surface area (Å²) in [6.07, 6.45) is 4.17. The van der Waals surface area contributed by atoms with E-state index in [-0.39, 0.29) is 18.3 Å². The molecule has 1 N–H and O–H groups in total. The number of hydrogen-bond acceptors (Lipinski definition) is 5. The van der Waals surface area contributed by atoms with E-state index in [1.165, 1.54) is 23.3 Å². The van der Waals surface area contributed by atoms with E-state index >= 15 is 0 Å². The van der Waals surface area contributed by atoms with E-state index in [1.807, 2.05) is 24.3 Å². The zero-order valence-electron chi connectivity index (χ0n) is 14.4. The summed E-state index contributed by atoms with van der Waals surface area (Å²) in [5.74, 6) is 0.122. The molecule has 25 heavy (non-hydrogen) atoms. The molecule has 6 heteroatoms. The summed E-state index contributed by atoms with van der Waals surface area (Å²) in [5.41, 5.74) is 2.37. The summed E-state index contributed by atoms with van der Waals surface area (Å²) in [5, 5.41) is 3.50. The lowest BCUT2D eigenvalue weighted by Gasteiger charge is -2.12. The van der Waals surface area contributed by atoms with Crippen molar-refractivity contribution in [2.75, 3.05) is 19.5 Å². The Kier molecular flexibility index (Phi) is 5.38. The van der Waals surface area contributed by atoms with E-state index in [4.69, 9.17) is 9.47 Å². The first kappa shape index (κ1) is 17.5. The van der Waals surface area contributed by atoms with Crippen LogP contribution in [0.15, 0.2) is 24.3 Å². The highest BCUT2D eigenvalue weighted by molar-refractivity contribution is 7.17. The number of esters is 1. The molecule has 1 heterocycles. The van der Waals surface area contributed by atoms with Gasteiger partial charge in [-0.15, -0.1) is 11.3 Å². The average molecular weight is 359 g/mol. The van der Waals surface area contributed by atoms with Gasteiger partial charge in [0.1, 0.15) is 10.8 Å². The van der Waals surface area contributed by atoms with Gasteiger partial charge in [0.2, 0.25) is 5.91 Å². The van der Waals surface area contributed by atoms with Gasteiger partial charge in [0.05, 0.1) is 26.2 Å². The molecule has 0 atom stereocenters. The Morgan fingerprint density at radius 2 is 1.92 bits per heavy atom. The standard InChI is InChI=1S/C19H21NO4S/c1-23-14-9-5-3-7-12(14)11-16(21)20-18-17(19(22)24-2)13-8-4-6-10-15(13)25-18/h3,5,7,9H,4,6,8,10-11H2,1-2H3,(H,20,21). The Morgan fingerprint density at radius 1 is 1.16 bits per heavy atom. The molecule has 0 unspecified atom stereocenters. The number of rotatable bonds is 5. The van der Waals surface area contributed by atoms with Crippen molar-refractivity contribution >= 4 is 28.2 Å². The minimum atomic E-state index is -0.382. The van der Waals surface area contributed by atoms with Gasteiger partial charge in [0, 0.05) is 10.4 Å². The fraction of sp³-hybridized carbons (Fsp3) is 0.368. The lowest BCUT2D eigenvalue weighted by atomic mass is 9.95. The van der Waals surface area contributed by atoms with Crippen LogP contribution in [0.25, 0.3) is 0 Å². The molecular formula is C19H21NO4S. The molecule has 0 spiro atoms. The third-order valence-corrected chi connectivity index (χ3v) is 5.56. The number of carbonyl (C=O) groups is 2. The van der Waals surface area contributed by atoms with Gasteiger partial charge < -0.3 is 14.8 Å². The maximum absolute atomic E-state index is 12.5. The van der Waals surface area contributed by atoms with Crippen molar-refractivity contribution in [3.63, 3.8) is 0 Å². The number of nitrogens with one attached hydrogen (secondary N) is 1. The van der Waals surface area contributed by atoms with E-state index in [1.54, 1.807) is 7.11 Å². The number of para-hydroxylation sites is 1. The van der Waals surface area contributed by atoms with Gasteiger partial charge >= 0.3 is 5.97 Å².